The minimum atomic E-state index is -0.494. The zero-order valence-electron chi connectivity index (χ0n) is 10.9. The van der Waals surface area contributed by atoms with E-state index in [9.17, 15) is 9.18 Å². The number of amides is 1. The fraction of sp³-hybridized carbons (Fsp3) is 0.462. The third-order valence-corrected chi connectivity index (χ3v) is 2.85. The normalized spacial score (nSPS) is 13.0. The Bertz CT molecular complexity index is 443. The lowest BCUT2D eigenvalue weighted by Crippen LogP contribution is -2.41. The van der Waals surface area contributed by atoms with E-state index in [0.717, 1.165) is 5.56 Å². The monoisotopic (exact) mass is 317 g/mol. The van der Waals surface area contributed by atoms with Crippen molar-refractivity contribution in [1.82, 2.24) is 5.32 Å². The van der Waals surface area contributed by atoms with Crippen molar-refractivity contribution in [2.75, 3.05) is 0 Å². The van der Waals surface area contributed by atoms with E-state index < -0.39 is 12.2 Å². The number of carbonyl (C=O) groups excluding carboxylic acids is 1. The second-order valence-corrected chi connectivity index (χ2v) is 5.94. The molecule has 1 aromatic rings. The number of hydrogen-bond acceptors (Lipinski definition) is 2. The lowest BCUT2D eigenvalue weighted by molar-refractivity contribution is 0.0997. The van der Waals surface area contributed by atoms with E-state index in [1.165, 1.54) is 12.1 Å². The third-order valence-electron chi connectivity index (χ3n) is 2.16. The van der Waals surface area contributed by atoms with E-state index in [4.69, 9.17) is 4.74 Å². The largest absolute Gasteiger partial charge is 0.442 e. The molecule has 0 fully saturated rings. The molecule has 0 aromatic heterocycles. The summed E-state index contributed by atoms with van der Waals surface area (Å²) in [6, 6.07) is 4.27. The van der Waals surface area contributed by atoms with Gasteiger partial charge in [-0.25, -0.2) is 9.18 Å². The molecule has 0 aliphatic carbocycles. The highest BCUT2D eigenvalue weighted by atomic mass is 79.9. The molecule has 1 atom stereocenters. The number of carbonyl (C=O) groups is 1. The quantitative estimate of drug-likeness (QED) is 0.888. The predicted molar refractivity (Wildman–Crippen MR) is 71.9 cm³/mol. The second kappa shape index (κ2) is 5.69. The van der Waals surface area contributed by atoms with Crippen LogP contribution in [0, 0.1) is 5.82 Å². The van der Waals surface area contributed by atoms with Gasteiger partial charge in [0.2, 0.25) is 0 Å². The first-order chi connectivity index (χ1) is 8.19. The van der Waals surface area contributed by atoms with E-state index in [-0.39, 0.29) is 11.4 Å². The Hall–Kier alpha value is -1.10. The number of hydrogen-bond donors (Lipinski definition) is 1. The van der Waals surface area contributed by atoms with Gasteiger partial charge in [-0.3, -0.25) is 0 Å². The average Bonchev–Trinajstić information content (AvgIpc) is 2.13. The average molecular weight is 318 g/mol. The Morgan fingerprint density at radius 3 is 2.56 bits per heavy atom. The number of halogens is 2. The first-order valence-electron chi connectivity index (χ1n) is 5.63. The van der Waals surface area contributed by atoms with Crippen molar-refractivity contribution >= 4 is 22.0 Å². The Balaban J connectivity index is 2.71. The number of alkyl carbamates (subject to hydrolysis) is 1. The van der Waals surface area contributed by atoms with Crippen molar-refractivity contribution in [2.24, 2.45) is 0 Å². The first kappa shape index (κ1) is 15.0. The Kier molecular flexibility index (Phi) is 4.73. The second-order valence-electron chi connectivity index (χ2n) is 5.09. The van der Waals surface area contributed by atoms with Crippen LogP contribution in [-0.2, 0) is 4.74 Å². The lowest BCUT2D eigenvalue weighted by atomic mass is 10.1. The van der Waals surface area contributed by atoms with Crippen molar-refractivity contribution in [1.29, 1.82) is 0 Å². The predicted octanol–water partition coefficient (Wildman–Crippen LogP) is 4.17. The van der Waals surface area contributed by atoms with Crippen molar-refractivity contribution in [3.8, 4) is 0 Å². The molecule has 0 aliphatic heterocycles. The summed E-state index contributed by atoms with van der Waals surface area (Å²) in [7, 11) is 0. The Morgan fingerprint density at radius 2 is 2.06 bits per heavy atom. The van der Waals surface area contributed by atoms with Crippen LogP contribution in [-0.4, -0.2) is 11.6 Å². The van der Waals surface area contributed by atoms with E-state index in [2.05, 4.69) is 21.2 Å². The van der Waals surface area contributed by atoms with Gasteiger partial charge in [0.25, 0.3) is 0 Å². The lowest BCUT2D eigenvalue weighted by Gasteiger charge is -2.22. The van der Waals surface area contributed by atoms with E-state index >= 15 is 0 Å². The highest BCUT2D eigenvalue weighted by Crippen LogP contribution is 2.26. The molecule has 0 spiro atoms. The number of nitrogens with one attached hydrogen (secondary N) is 1. The molecule has 1 N–H and O–H groups in total. The van der Waals surface area contributed by atoms with Crippen molar-refractivity contribution in [2.45, 2.75) is 39.3 Å². The molecular weight excluding hydrogens is 301 g/mol. The van der Waals surface area contributed by atoms with Gasteiger partial charge in [-0.05, 0) is 39.8 Å². The van der Waals surface area contributed by atoms with E-state index in [0.29, 0.717) is 4.47 Å². The molecule has 0 saturated heterocycles. The molecule has 3 nitrogen and oxygen atoms in total. The molecule has 18 heavy (non-hydrogen) atoms. The Morgan fingerprint density at radius 1 is 1.44 bits per heavy atom. The molecule has 100 valence electrons. The maximum atomic E-state index is 12.9. The molecule has 1 aromatic carbocycles. The summed E-state index contributed by atoms with van der Waals surface area (Å²) < 4.78 is 18.8. The molecule has 1 rings (SSSR count). The van der Waals surface area contributed by atoms with Gasteiger partial charge >= 0.3 is 6.09 Å². The number of benzene rings is 1. The minimum Gasteiger partial charge on any atom is -0.442 e. The fourth-order valence-electron chi connectivity index (χ4n) is 1.39. The molecule has 1 amide bonds. The van der Waals surface area contributed by atoms with E-state index in [1.54, 1.807) is 13.0 Å². The summed E-state index contributed by atoms with van der Waals surface area (Å²) in [6.07, 6.45) is -0.950. The molecule has 0 bridgehead atoms. The smallest absolute Gasteiger partial charge is 0.408 e. The van der Waals surface area contributed by atoms with Gasteiger partial charge in [-0.2, -0.15) is 0 Å². The molecule has 0 aliphatic rings. The van der Waals surface area contributed by atoms with Crippen LogP contribution in [0.2, 0.25) is 0 Å². The highest BCUT2D eigenvalue weighted by molar-refractivity contribution is 9.10. The highest BCUT2D eigenvalue weighted by Gasteiger charge is 2.19. The summed E-state index contributed by atoms with van der Waals surface area (Å²) in [4.78, 5) is 11.6. The number of ether oxygens (including phenoxy) is 1. The van der Waals surface area contributed by atoms with Crippen molar-refractivity contribution < 1.29 is 13.9 Å². The summed E-state index contributed by atoms with van der Waals surface area (Å²) in [5, 5.41) is 2.70. The van der Waals surface area contributed by atoms with Gasteiger partial charge < -0.3 is 10.1 Å². The maximum Gasteiger partial charge on any atom is 0.408 e. The van der Waals surface area contributed by atoms with Gasteiger partial charge in [0.15, 0.2) is 0 Å². The molecular formula is C13H17BrFNO2. The summed E-state index contributed by atoms with van der Waals surface area (Å²) in [5.41, 5.74) is 0.372. The first-order valence-corrected chi connectivity index (χ1v) is 6.42. The fourth-order valence-corrected chi connectivity index (χ4v) is 2.06. The molecule has 0 saturated carbocycles. The van der Waals surface area contributed by atoms with Gasteiger partial charge in [0.05, 0.1) is 0 Å². The van der Waals surface area contributed by atoms with Crippen LogP contribution in [0.15, 0.2) is 22.7 Å². The zero-order chi connectivity index (χ0) is 13.9. The van der Waals surface area contributed by atoms with Crippen LogP contribution in [0.1, 0.15) is 39.4 Å². The summed E-state index contributed by atoms with van der Waals surface area (Å²) >= 11 is 3.25. The minimum absolute atomic E-state index is 0.336. The van der Waals surface area contributed by atoms with Crippen LogP contribution in [0.25, 0.3) is 0 Å². The maximum absolute atomic E-state index is 12.9. The summed E-state index contributed by atoms with van der Waals surface area (Å²) in [6.45, 7) is 7.34. The van der Waals surface area contributed by atoms with Gasteiger partial charge in [-0.1, -0.05) is 22.0 Å². The van der Waals surface area contributed by atoms with Crippen molar-refractivity contribution in [3.05, 3.63) is 34.1 Å². The molecule has 5 heteroatoms. The third kappa shape index (κ3) is 4.64. The van der Waals surface area contributed by atoms with Crippen LogP contribution in [0.5, 0.6) is 0 Å². The van der Waals surface area contributed by atoms with Crippen molar-refractivity contribution in [3.63, 3.8) is 0 Å². The van der Waals surface area contributed by atoms with E-state index in [1.807, 2.05) is 20.8 Å². The van der Waals surface area contributed by atoms with Crippen LogP contribution in [0.4, 0.5) is 9.18 Å². The van der Waals surface area contributed by atoms with Crippen LogP contribution in [0.3, 0.4) is 0 Å². The SMILES string of the molecule is CC(OC(=O)NC(C)(C)C)c1ccc(F)cc1Br. The zero-order valence-corrected chi connectivity index (χ0v) is 12.5. The van der Waals surface area contributed by atoms with Gasteiger partial charge in [0.1, 0.15) is 11.9 Å². The van der Waals surface area contributed by atoms with Crippen LogP contribution >= 0.6 is 15.9 Å². The molecule has 0 radical (unpaired) electrons. The van der Waals surface area contributed by atoms with Crippen LogP contribution < -0.4 is 5.32 Å². The summed E-state index contributed by atoms with van der Waals surface area (Å²) in [5.74, 6) is -0.336. The van der Waals surface area contributed by atoms with Gasteiger partial charge in [-0.15, -0.1) is 0 Å². The number of rotatable bonds is 2. The topological polar surface area (TPSA) is 38.3 Å². The van der Waals surface area contributed by atoms with Gasteiger partial charge in [0, 0.05) is 15.6 Å². The standard InChI is InChI=1S/C13H17BrFNO2/c1-8(18-12(17)16-13(2,3)4)10-6-5-9(15)7-11(10)14/h5-8H,1-4H3,(H,16,17). The molecule has 0 heterocycles. The Labute approximate surface area is 115 Å². The molecule has 1 unspecified atom stereocenters.